The molecule has 0 saturated heterocycles. The molecule has 3 aromatic heterocycles. The third-order valence-electron chi connectivity index (χ3n) is 5.84. The van der Waals surface area contributed by atoms with E-state index in [0.717, 1.165) is 31.2 Å². The van der Waals surface area contributed by atoms with Gasteiger partial charge < -0.3 is 15.2 Å². The van der Waals surface area contributed by atoms with Crippen LogP contribution in [0.15, 0.2) is 41.3 Å². The van der Waals surface area contributed by atoms with Crippen molar-refractivity contribution in [3.63, 3.8) is 0 Å². The predicted molar refractivity (Wildman–Crippen MR) is 134 cm³/mol. The minimum atomic E-state index is -0.668. The van der Waals surface area contributed by atoms with Crippen molar-refractivity contribution >= 4 is 39.3 Å². The first kappa shape index (κ1) is 24.4. The van der Waals surface area contributed by atoms with Gasteiger partial charge in [0.25, 0.3) is 0 Å². The summed E-state index contributed by atoms with van der Waals surface area (Å²) in [5, 5.41) is 17.8. The molecule has 3 heterocycles. The number of aromatic nitrogens is 4. The fraction of sp³-hybridized carbons (Fsp3) is 0.500. The lowest BCUT2D eigenvalue weighted by Crippen LogP contribution is -2.38. The molecule has 0 spiro atoms. The molecule has 2 unspecified atom stereocenters. The minimum absolute atomic E-state index is 0.108. The first-order valence-electron chi connectivity index (χ1n) is 11.6. The number of aliphatic hydroxyl groups excluding tert-OH is 1. The van der Waals surface area contributed by atoms with Gasteiger partial charge in [-0.15, -0.1) is 0 Å². The number of hydrogen-bond donors (Lipinski definition) is 2. The number of nitrogens with one attached hydrogen (secondary N) is 1. The van der Waals surface area contributed by atoms with Crippen LogP contribution in [-0.4, -0.2) is 49.0 Å². The number of carbonyl (C=O) groups excluding carboxylic acids is 1. The maximum Gasteiger partial charge on any atom is 0.416 e. The van der Waals surface area contributed by atoms with Gasteiger partial charge in [-0.3, -0.25) is 9.88 Å². The fourth-order valence-electron chi connectivity index (χ4n) is 4.22. The Bertz CT molecular complexity index is 1130. The van der Waals surface area contributed by atoms with Crippen LogP contribution in [0.3, 0.4) is 0 Å². The summed E-state index contributed by atoms with van der Waals surface area (Å²) < 4.78 is 8.08. The highest BCUT2D eigenvalue weighted by atomic mass is 79.9. The Hall–Kier alpha value is -2.72. The number of pyridine rings is 1. The maximum atomic E-state index is 13.4. The third-order valence-corrected chi connectivity index (χ3v) is 6.40. The van der Waals surface area contributed by atoms with E-state index in [4.69, 9.17) is 9.72 Å². The van der Waals surface area contributed by atoms with Crippen LogP contribution in [0.4, 0.5) is 16.4 Å². The smallest absolute Gasteiger partial charge is 0.416 e. The van der Waals surface area contributed by atoms with E-state index in [1.165, 1.54) is 0 Å². The molecule has 0 aromatic carbocycles. The van der Waals surface area contributed by atoms with E-state index in [2.05, 4.69) is 31.3 Å². The molecule has 10 heteroatoms. The normalized spacial score (nSPS) is 18.6. The number of carbonyl (C=O) groups is 1. The zero-order valence-electron chi connectivity index (χ0n) is 19.7. The molecule has 0 radical (unpaired) electrons. The van der Waals surface area contributed by atoms with E-state index >= 15 is 0 Å². The molecule has 0 aliphatic heterocycles. The van der Waals surface area contributed by atoms with Gasteiger partial charge in [0, 0.05) is 37.0 Å². The summed E-state index contributed by atoms with van der Waals surface area (Å²) in [6.45, 7) is 5.90. The van der Waals surface area contributed by atoms with E-state index in [1.807, 2.05) is 39.0 Å². The van der Waals surface area contributed by atoms with Crippen LogP contribution in [-0.2, 0) is 11.3 Å². The number of ether oxygens (including phenoxy) is 1. The topological polar surface area (TPSA) is 105 Å². The quantitative estimate of drug-likeness (QED) is 0.471. The summed E-state index contributed by atoms with van der Waals surface area (Å²) in [6, 6.07) is 5.67. The van der Waals surface area contributed by atoms with Gasteiger partial charge in [0.2, 0.25) is 0 Å². The fourth-order valence-corrected chi connectivity index (χ4v) is 4.57. The van der Waals surface area contributed by atoms with Gasteiger partial charge >= 0.3 is 6.09 Å². The highest BCUT2D eigenvalue weighted by Crippen LogP contribution is 2.31. The Morgan fingerprint density at radius 3 is 2.82 bits per heavy atom. The summed E-state index contributed by atoms with van der Waals surface area (Å²) in [5.74, 6) is 1.31. The molecule has 182 valence electrons. The lowest BCUT2D eigenvalue weighted by Gasteiger charge is -2.32. The first-order valence-corrected chi connectivity index (χ1v) is 12.4. The molecule has 1 saturated carbocycles. The number of aliphatic hydroxyl groups is 1. The van der Waals surface area contributed by atoms with Crippen LogP contribution >= 0.6 is 15.9 Å². The van der Waals surface area contributed by atoms with Crippen molar-refractivity contribution in [3.8, 4) is 0 Å². The second-order valence-electron chi connectivity index (χ2n) is 9.63. The number of amides is 1. The van der Waals surface area contributed by atoms with Crippen LogP contribution in [0.2, 0.25) is 0 Å². The third kappa shape index (κ3) is 5.67. The molecule has 2 N–H and O–H groups in total. The van der Waals surface area contributed by atoms with Crippen molar-refractivity contribution in [2.45, 2.75) is 64.6 Å². The monoisotopic (exact) mass is 530 g/mol. The Morgan fingerprint density at radius 2 is 2.12 bits per heavy atom. The molecule has 1 aliphatic rings. The predicted octanol–water partition coefficient (Wildman–Crippen LogP) is 4.79. The zero-order chi connectivity index (χ0) is 24.3. The maximum absolute atomic E-state index is 13.4. The molecular formula is C24H31BrN6O3. The molecule has 2 atom stereocenters. The molecule has 9 nitrogen and oxygen atoms in total. The van der Waals surface area contributed by atoms with Gasteiger partial charge in [0.15, 0.2) is 5.65 Å². The van der Waals surface area contributed by atoms with Crippen molar-refractivity contribution in [3.05, 3.63) is 46.8 Å². The summed E-state index contributed by atoms with van der Waals surface area (Å²) in [7, 11) is 0. The van der Waals surface area contributed by atoms with Crippen molar-refractivity contribution < 1.29 is 14.6 Å². The molecule has 4 rings (SSSR count). The van der Waals surface area contributed by atoms with Crippen LogP contribution < -0.4 is 10.2 Å². The van der Waals surface area contributed by atoms with Gasteiger partial charge in [-0.25, -0.2) is 9.78 Å². The van der Waals surface area contributed by atoms with Crippen LogP contribution in [0.5, 0.6) is 0 Å². The number of halogens is 1. The van der Waals surface area contributed by atoms with Gasteiger partial charge in [0.05, 0.1) is 17.2 Å². The molecule has 1 fully saturated rings. The molecular weight excluding hydrogens is 500 g/mol. The highest BCUT2D eigenvalue weighted by Gasteiger charge is 2.29. The molecule has 1 amide bonds. The van der Waals surface area contributed by atoms with Crippen molar-refractivity contribution in [2.24, 2.45) is 5.92 Å². The molecule has 3 aromatic rings. The number of rotatable bonds is 6. The van der Waals surface area contributed by atoms with Crippen molar-refractivity contribution in [1.82, 2.24) is 19.6 Å². The van der Waals surface area contributed by atoms with E-state index in [-0.39, 0.29) is 25.1 Å². The zero-order valence-corrected chi connectivity index (χ0v) is 21.3. The number of nitrogens with zero attached hydrogens (tertiary/aromatic N) is 5. The number of fused-ring (bicyclic) bond motifs is 1. The molecule has 34 heavy (non-hydrogen) atoms. The lowest BCUT2D eigenvalue weighted by atomic mass is 9.85. The Labute approximate surface area is 207 Å². The Kier molecular flexibility index (Phi) is 7.37. The minimum Gasteiger partial charge on any atom is -0.443 e. The first-order chi connectivity index (χ1) is 16.2. The molecule has 0 bridgehead atoms. The summed E-state index contributed by atoms with van der Waals surface area (Å²) >= 11 is 3.53. The largest absolute Gasteiger partial charge is 0.443 e. The summed E-state index contributed by atoms with van der Waals surface area (Å²) in [6.07, 6.45) is 8.74. The van der Waals surface area contributed by atoms with E-state index in [1.54, 1.807) is 28.0 Å². The second-order valence-corrected chi connectivity index (χ2v) is 10.5. The van der Waals surface area contributed by atoms with E-state index < -0.39 is 11.7 Å². The van der Waals surface area contributed by atoms with Crippen LogP contribution in [0.1, 0.15) is 52.0 Å². The summed E-state index contributed by atoms with van der Waals surface area (Å²) in [5.41, 5.74) is 0.765. The van der Waals surface area contributed by atoms with Gasteiger partial charge in [-0.05, 0) is 61.2 Å². The van der Waals surface area contributed by atoms with Crippen molar-refractivity contribution in [2.75, 3.05) is 16.8 Å². The van der Waals surface area contributed by atoms with Gasteiger partial charge in [0.1, 0.15) is 17.2 Å². The van der Waals surface area contributed by atoms with Gasteiger partial charge in [-0.1, -0.05) is 18.9 Å². The summed E-state index contributed by atoms with van der Waals surface area (Å²) in [4.78, 5) is 23.9. The number of hydrogen-bond acceptors (Lipinski definition) is 7. The van der Waals surface area contributed by atoms with Crippen LogP contribution in [0.25, 0.3) is 5.65 Å². The molecule has 1 aliphatic carbocycles. The second kappa shape index (κ2) is 10.3. The SMILES string of the molecule is CC(C)(C)OC(=O)N(Cc1cccnc1)c1cc(NC2CCCCC2CO)nc2c(Br)cnn12. The van der Waals surface area contributed by atoms with Crippen molar-refractivity contribution in [1.29, 1.82) is 0 Å². The lowest BCUT2D eigenvalue weighted by molar-refractivity contribution is 0.0575. The Balaban J connectivity index is 1.76. The standard InChI is InChI=1S/C24H31BrN6O3/c1-24(2,3)34-23(33)30(14-16-7-6-10-26-12-16)21-11-20(29-22-18(25)13-27-31(21)22)28-19-9-5-4-8-17(19)15-32/h6-7,10-13,17,19,32H,4-5,8-9,14-15H2,1-3H3,(H,28,29). The number of anilines is 2. The Morgan fingerprint density at radius 1 is 1.32 bits per heavy atom. The van der Waals surface area contributed by atoms with E-state index in [0.29, 0.717) is 21.8 Å². The van der Waals surface area contributed by atoms with Crippen LogP contribution in [0, 0.1) is 5.92 Å². The average Bonchev–Trinajstić information content (AvgIpc) is 3.17. The highest BCUT2D eigenvalue weighted by molar-refractivity contribution is 9.10. The van der Waals surface area contributed by atoms with Gasteiger partial charge in [-0.2, -0.15) is 9.61 Å². The van der Waals surface area contributed by atoms with E-state index in [9.17, 15) is 9.90 Å². The average molecular weight is 531 g/mol.